The molecule has 1 amide bonds. The zero-order valence-corrected chi connectivity index (χ0v) is 14.5. The smallest absolute Gasteiger partial charge is 0.266 e. The Hall–Kier alpha value is -1.01. The van der Waals surface area contributed by atoms with E-state index in [1.165, 1.54) is 0 Å². The first-order valence-electron chi connectivity index (χ1n) is 6.44. The van der Waals surface area contributed by atoms with Crippen LogP contribution in [0.5, 0.6) is 0 Å². The molecule has 1 aliphatic rings. The molecule has 0 aromatic carbocycles. The molecule has 0 aromatic heterocycles. The van der Waals surface area contributed by atoms with Crippen molar-refractivity contribution in [1.29, 1.82) is 0 Å². The van der Waals surface area contributed by atoms with Crippen LogP contribution in [-0.4, -0.2) is 33.7 Å². The van der Waals surface area contributed by atoms with Gasteiger partial charge in [-0.05, 0) is 48.4 Å². The number of aliphatic imine (C=N–C) groups is 1. The summed E-state index contributed by atoms with van der Waals surface area (Å²) < 4.78 is 12.2. The van der Waals surface area contributed by atoms with E-state index >= 15 is 0 Å². The predicted octanol–water partition coefficient (Wildman–Crippen LogP) is 3.10. The molecule has 0 aliphatic carbocycles. The van der Waals surface area contributed by atoms with Crippen molar-refractivity contribution < 1.29 is 9.00 Å². The van der Waals surface area contributed by atoms with Crippen molar-refractivity contribution in [3.8, 4) is 0 Å². The number of nitrogens with zero attached hydrogens (tertiary/aromatic N) is 2. The number of amidine groups is 1. The Bertz CT molecular complexity index is 547. The summed E-state index contributed by atoms with van der Waals surface area (Å²) in [6.45, 7) is 6.24. The molecule has 4 nitrogen and oxygen atoms in total. The van der Waals surface area contributed by atoms with Crippen molar-refractivity contribution in [2.45, 2.75) is 27.2 Å². The molecule has 1 rings (SSSR count). The van der Waals surface area contributed by atoms with E-state index in [1.807, 2.05) is 32.9 Å². The molecule has 0 fully saturated rings. The Balaban J connectivity index is 3.41. The molecule has 0 bridgehead atoms. The average Bonchev–Trinajstić information content (AvgIpc) is 2.42. The van der Waals surface area contributed by atoms with Gasteiger partial charge in [0.2, 0.25) is 0 Å². The van der Waals surface area contributed by atoms with Crippen molar-refractivity contribution in [3.05, 3.63) is 33.3 Å². The maximum absolute atomic E-state index is 12.1. The van der Waals surface area contributed by atoms with E-state index in [0.717, 1.165) is 12.0 Å². The molecular weight excluding hydrogens is 340 g/mol. The number of hydrogen-bond acceptors (Lipinski definition) is 3. The van der Waals surface area contributed by atoms with E-state index in [-0.39, 0.29) is 5.91 Å². The van der Waals surface area contributed by atoms with Gasteiger partial charge < -0.3 is 0 Å². The highest BCUT2D eigenvalue weighted by Crippen LogP contribution is 2.24. The van der Waals surface area contributed by atoms with Crippen LogP contribution in [0.15, 0.2) is 38.3 Å². The Labute approximate surface area is 130 Å². The van der Waals surface area contributed by atoms with Crippen molar-refractivity contribution >= 4 is 38.5 Å². The molecule has 1 heterocycles. The summed E-state index contributed by atoms with van der Waals surface area (Å²) in [7, 11) is -1.18. The van der Waals surface area contributed by atoms with Crippen molar-refractivity contribution in [2.24, 2.45) is 4.99 Å². The number of hydrogen-bond donors (Lipinski definition) is 0. The fourth-order valence-electron chi connectivity index (χ4n) is 1.78. The number of amides is 1. The van der Waals surface area contributed by atoms with E-state index in [2.05, 4.69) is 20.9 Å². The van der Waals surface area contributed by atoms with Crippen LogP contribution in [0.1, 0.15) is 27.2 Å². The number of carbonyl (C=O) groups is 1. The van der Waals surface area contributed by atoms with Crippen LogP contribution < -0.4 is 0 Å². The summed E-state index contributed by atoms with van der Waals surface area (Å²) in [5.74, 6) is 0.424. The van der Waals surface area contributed by atoms with Gasteiger partial charge in [-0.15, -0.1) is 0 Å². The van der Waals surface area contributed by atoms with Crippen LogP contribution in [0.3, 0.4) is 0 Å². The van der Waals surface area contributed by atoms with E-state index in [9.17, 15) is 9.00 Å². The number of allylic oxidation sites excluding steroid dienone is 2. The first-order valence-corrected chi connectivity index (χ1v) is 8.79. The number of carbonyl (C=O) groups excluding carboxylic acids is 1. The maximum atomic E-state index is 12.1. The lowest BCUT2D eigenvalue weighted by atomic mass is 10.1. The Kier molecular flexibility index (Phi) is 6.55. The summed E-state index contributed by atoms with van der Waals surface area (Å²) in [6, 6.07) is 0. The van der Waals surface area contributed by atoms with Crippen molar-refractivity contribution in [3.63, 3.8) is 0 Å². The van der Waals surface area contributed by atoms with Gasteiger partial charge in [0.15, 0.2) is 0 Å². The van der Waals surface area contributed by atoms with Crippen LogP contribution in [0.4, 0.5) is 0 Å². The molecule has 0 radical (unpaired) electrons. The zero-order chi connectivity index (χ0) is 15.3. The van der Waals surface area contributed by atoms with Gasteiger partial charge in [0.1, 0.15) is 10.9 Å². The quantitative estimate of drug-likeness (QED) is 0.775. The second-order valence-electron chi connectivity index (χ2n) is 4.13. The number of rotatable bonds is 4. The third-order valence-electron chi connectivity index (χ3n) is 2.76. The van der Waals surface area contributed by atoms with Gasteiger partial charge in [-0.25, -0.2) is 4.99 Å². The molecule has 20 heavy (non-hydrogen) atoms. The standard InChI is InChI=1S/C14H19BrN2O2S/c1-5-8-12(20(4)19)16-13-10(6-2)9-11(15)14(18)17(13)7-3/h6,8-9H,5,7H2,1-4H3/b10-6-,12-8+,16-13+. The molecule has 1 unspecified atom stereocenters. The van der Waals surface area contributed by atoms with E-state index in [4.69, 9.17) is 0 Å². The van der Waals surface area contributed by atoms with Crippen LogP contribution in [-0.2, 0) is 15.6 Å². The summed E-state index contributed by atoms with van der Waals surface area (Å²) in [4.78, 5) is 18.2. The van der Waals surface area contributed by atoms with Gasteiger partial charge >= 0.3 is 0 Å². The lowest BCUT2D eigenvalue weighted by Crippen LogP contribution is -2.40. The Morgan fingerprint density at radius 2 is 2.15 bits per heavy atom. The fourth-order valence-corrected chi connectivity index (χ4v) is 2.86. The highest BCUT2D eigenvalue weighted by Gasteiger charge is 2.27. The topological polar surface area (TPSA) is 49.7 Å². The lowest BCUT2D eigenvalue weighted by molar-refractivity contribution is -0.122. The van der Waals surface area contributed by atoms with E-state index in [1.54, 1.807) is 17.2 Å². The Morgan fingerprint density at radius 1 is 1.50 bits per heavy atom. The molecule has 1 atom stereocenters. The summed E-state index contributed by atoms with van der Waals surface area (Å²) >= 11 is 3.27. The molecular formula is C14H19BrN2O2S. The van der Waals surface area contributed by atoms with Gasteiger partial charge in [-0.2, -0.15) is 0 Å². The minimum Gasteiger partial charge on any atom is -0.292 e. The van der Waals surface area contributed by atoms with Gasteiger partial charge in [0.05, 0.1) is 15.3 Å². The summed E-state index contributed by atoms with van der Waals surface area (Å²) in [5.41, 5.74) is 0.839. The van der Waals surface area contributed by atoms with E-state index in [0.29, 0.717) is 21.9 Å². The first-order chi connectivity index (χ1) is 9.46. The molecule has 0 saturated carbocycles. The number of likely N-dealkylation sites (N-methyl/N-ethyl adjacent to an activating group) is 1. The van der Waals surface area contributed by atoms with Gasteiger partial charge in [-0.1, -0.05) is 13.0 Å². The minimum atomic E-state index is -1.18. The van der Waals surface area contributed by atoms with Crippen LogP contribution >= 0.6 is 15.9 Å². The third kappa shape index (κ3) is 3.76. The van der Waals surface area contributed by atoms with Crippen molar-refractivity contribution in [2.75, 3.05) is 12.8 Å². The molecule has 0 N–H and O–H groups in total. The molecule has 0 aromatic rings. The number of halogens is 1. The second kappa shape index (κ2) is 7.69. The van der Waals surface area contributed by atoms with E-state index < -0.39 is 10.8 Å². The summed E-state index contributed by atoms with van der Waals surface area (Å²) in [6.07, 6.45) is 7.79. The van der Waals surface area contributed by atoms with Gasteiger partial charge in [-0.3, -0.25) is 13.9 Å². The van der Waals surface area contributed by atoms with Gasteiger partial charge in [0.25, 0.3) is 5.91 Å². The maximum Gasteiger partial charge on any atom is 0.266 e. The molecule has 6 heteroatoms. The van der Waals surface area contributed by atoms with Crippen LogP contribution in [0.2, 0.25) is 0 Å². The minimum absolute atomic E-state index is 0.130. The lowest BCUT2D eigenvalue weighted by Gasteiger charge is -2.27. The second-order valence-corrected chi connectivity index (χ2v) is 6.31. The molecule has 110 valence electrons. The largest absolute Gasteiger partial charge is 0.292 e. The zero-order valence-electron chi connectivity index (χ0n) is 12.1. The van der Waals surface area contributed by atoms with Crippen molar-refractivity contribution in [1.82, 2.24) is 4.90 Å². The van der Waals surface area contributed by atoms with Gasteiger partial charge in [0, 0.05) is 18.4 Å². The Morgan fingerprint density at radius 3 is 2.60 bits per heavy atom. The predicted molar refractivity (Wildman–Crippen MR) is 88.0 cm³/mol. The summed E-state index contributed by atoms with van der Waals surface area (Å²) in [5, 5.41) is 0.500. The highest BCUT2D eigenvalue weighted by molar-refractivity contribution is 9.12. The SMILES string of the molecule is C/C=C1/C=C(Br)C(=O)N(CC)/C1=N/C(=C\CC)S(C)=O. The average molecular weight is 359 g/mol. The van der Waals surface area contributed by atoms with Crippen LogP contribution in [0, 0.1) is 0 Å². The normalized spacial score (nSPS) is 22.4. The fraction of sp³-hybridized carbons (Fsp3) is 0.429. The molecule has 1 aliphatic heterocycles. The first kappa shape index (κ1) is 17.0. The van der Waals surface area contributed by atoms with Crippen LogP contribution in [0.25, 0.3) is 0 Å². The highest BCUT2D eigenvalue weighted by atomic mass is 79.9. The molecule has 0 spiro atoms. The monoisotopic (exact) mass is 358 g/mol. The third-order valence-corrected chi connectivity index (χ3v) is 4.18. The molecule has 0 saturated heterocycles.